The van der Waals surface area contributed by atoms with Crippen molar-refractivity contribution in [2.24, 2.45) is 11.5 Å². The molecule has 0 saturated heterocycles. The first-order chi connectivity index (χ1) is 7.04. The number of rotatable bonds is 4. The molecule has 0 radical (unpaired) electrons. The van der Waals surface area contributed by atoms with Crippen LogP contribution in [-0.4, -0.2) is 12.6 Å². The molecule has 1 aromatic rings. The van der Waals surface area contributed by atoms with Crippen molar-refractivity contribution in [3.63, 3.8) is 0 Å². The van der Waals surface area contributed by atoms with Crippen LogP contribution in [-0.2, 0) is 6.42 Å². The lowest BCUT2D eigenvalue weighted by atomic mass is 10.0. The summed E-state index contributed by atoms with van der Waals surface area (Å²) < 4.78 is 38.5. The molecule has 0 bridgehead atoms. The molecule has 0 aliphatic rings. The van der Waals surface area contributed by atoms with Crippen LogP contribution in [0.4, 0.5) is 13.2 Å². The van der Waals surface area contributed by atoms with Gasteiger partial charge in [-0.15, -0.1) is 0 Å². The van der Waals surface area contributed by atoms with E-state index >= 15 is 0 Å². The molecule has 0 heterocycles. The summed E-state index contributed by atoms with van der Waals surface area (Å²) in [5, 5.41) is 0. The Morgan fingerprint density at radius 3 is 2.27 bits per heavy atom. The predicted molar refractivity (Wildman–Crippen MR) is 51.7 cm³/mol. The molecule has 1 unspecified atom stereocenters. The van der Waals surface area contributed by atoms with E-state index in [9.17, 15) is 13.2 Å². The van der Waals surface area contributed by atoms with Crippen molar-refractivity contribution in [3.05, 3.63) is 35.1 Å². The van der Waals surface area contributed by atoms with Gasteiger partial charge < -0.3 is 11.5 Å². The molecule has 15 heavy (non-hydrogen) atoms. The molecule has 5 heteroatoms. The Balaban J connectivity index is 2.81. The van der Waals surface area contributed by atoms with Crippen molar-refractivity contribution in [2.75, 3.05) is 6.54 Å². The van der Waals surface area contributed by atoms with Gasteiger partial charge >= 0.3 is 0 Å². The van der Waals surface area contributed by atoms with E-state index in [-0.39, 0.29) is 18.0 Å². The Morgan fingerprint density at radius 1 is 1.07 bits per heavy atom. The molecule has 0 fully saturated rings. The zero-order valence-electron chi connectivity index (χ0n) is 8.14. The first kappa shape index (κ1) is 12.0. The van der Waals surface area contributed by atoms with Gasteiger partial charge in [0.25, 0.3) is 0 Å². The summed E-state index contributed by atoms with van der Waals surface area (Å²) in [5.41, 5.74) is 11.0. The third-order valence-corrected chi connectivity index (χ3v) is 2.11. The van der Waals surface area contributed by atoms with Crippen LogP contribution >= 0.6 is 0 Å². The molecule has 2 nitrogen and oxygen atoms in total. The van der Waals surface area contributed by atoms with Crippen LogP contribution in [0.1, 0.15) is 12.0 Å². The number of benzene rings is 1. The highest BCUT2D eigenvalue weighted by Gasteiger charge is 2.12. The number of halogens is 3. The lowest BCUT2D eigenvalue weighted by Gasteiger charge is -2.11. The molecule has 0 saturated carbocycles. The summed E-state index contributed by atoms with van der Waals surface area (Å²) >= 11 is 0. The van der Waals surface area contributed by atoms with Crippen LogP contribution in [0.2, 0.25) is 0 Å². The molecule has 0 spiro atoms. The lowest BCUT2D eigenvalue weighted by Crippen LogP contribution is -2.26. The van der Waals surface area contributed by atoms with E-state index in [2.05, 4.69) is 0 Å². The quantitative estimate of drug-likeness (QED) is 0.749. The van der Waals surface area contributed by atoms with E-state index in [1.54, 1.807) is 0 Å². The molecule has 84 valence electrons. The van der Waals surface area contributed by atoms with Gasteiger partial charge in [-0.1, -0.05) is 0 Å². The summed E-state index contributed by atoms with van der Waals surface area (Å²) in [6.07, 6.45) is 0.665. The molecular weight excluding hydrogens is 205 g/mol. The van der Waals surface area contributed by atoms with E-state index in [4.69, 9.17) is 11.5 Å². The van der Waals surface area contributed by atoms with E-state index in [1.165, 1.54) is 0 Å². The average molecular weight is 218 g/mol. The topological polar surface area (TPSA) is 52.0 Å². The summed E-state index contributed by atoms with van der Waals surface area (Å²) in [7, 11) is 0. The van der Waals surface area contributed by atoms with Gasteiger partial charge in [-0.3, -0.25) is 0 Å². The van der Waals surface area contributed by atoms with Crippen LogP contribution in [0.3, 0.4) is 0 Å². The highest BCUT2D eigenvalue weighted by molar-refractivity contribution is 5.21. The van der Waals surface area contributed by atoms with Crippen LogP contribution in [0.25, 0.3) is 0 Å². The minimum Gasteiger partial charge on any atom is -0.330 e. The van der Waals surface area contributed by atoms with Crippen molar-refractivity contribution in [2.45, 2.75) is 18.9 Å². The molecular formula is C10H13F3N2. The minimum absolute atomic E-state index is 0.0786. The largest absolute Gasteiger partial charge is 0.330 e. The third kappa shape index (κ3) is 3.21. The Morgan fingerprint density at radius 2 is 1.67 bits per heavy atom. The molecule has 0 aliphatic carbocycles. The van der Waals surface area contributed by atoms with E-state index in [0.29, 0.717) is 19.0 Å². The molecule has 0 amide bonds. The predicted octanol–water partition coefficient (Wildman–Crippen LogP) is 1.32. The van der Waals surface area contributed by atoms with E-state index in [1.807, 2.05) is 0 Å². The van der Waals surface area contributed by atoms with Crippen molar-refractivity contribution < 1.29 is 13.2 Å². The Bertz CT molecular complexity index is 342. The number of hydrogen-bond donors (Lipinski definition) is 2. The highest BCUT2D eigenvalue weighted by atomic mass is 19.2. The summed E-state index contributed by atoms with van der Waals surface area (Å²) in [6, 6.07) is 1.02. The van der Waals surface area contributed by atoms with Crippen molar-refractivity contribution >= 4 is 0 Å². The molecule has 0 aromatic heterocycles. The third-order valence-electron chi connectivity index (χ3n) is 2.11. The van der Waals surface area contributed by atoms with Crippen LogP contribution in [0, 0.1) is 17.5 Å². The Hall–Kier alpha value is -1.07. The number of hydrogen-bond acceptors (Lipinski definition) is 2. The smallest absolute Gasteiger partial charge is 0.161 e. The van der Waals surface area contributed by atoms with Gasteiger partial charge in [0.2, 0.25) is 0 Å². The summed E-state index contributed by atoms with van der Waals surface area (Å²) in [5.74, 6) is -3.03. The van der Waals surface area contributed by atoms with Crippen molar-refractivity contribution in [1.29, 1.82) is 0 Å². The zero-order valence-corrected chi connectivity index (χ0v) is 8.14. The fourth-order valence-corrected chi connectivity index (χ4v) is 1.32. The average Bonchev–Trinajstić information content (AvgIpc) is 2.14. The van der Waals surface area contributed by atoms with Gasteiger partial charge in [0, 0.05) is 12.1 Å². The second-order valence-corrected chi connectivity index (χ2v) is 3.40. The van der Waals surface area contributed by atoms with Gasteiger partial charge in [0.1, 0.15) is 5.82 Å². The van der Waals surface area contributed by atoms with Crippen molar-refractivity contribution in [3.8, 4) is 0 Å². The Labute approximate surface area is 86.1 Å². The number of nitrogens with two attached hydrogens (primary N) is 2. The monoisotopic (exact) mass is 218 g/mol. The lowest BCUT2D eigenvalue weighted by molar-refractivity contribution is 0.485. The second-order valence-electron chi connectivity index (χ2n) is 3.40. The van der Waals surface area contributed by atoms with Crippen LogP contribution in [0.15, 0.2) is 12.1 Å². The normalized spacial score (nSPS) is 12.9. The van der Waals surface area contributed by atoms with E-state index in [0.717, 1.165) is 6.07 Å². The molecule has 1 aromatic carbocycles. The molecule has 4 N–H and O–H groups in total. The van der Waals surface area contributed by atoms with Crippen LogP contribution in [0.5, 0.6) is 0 Å². The fourth-order valence-electron chi connectivity index (χ4n) is 1.32. The minimum atomic E-state index is -1.19. The van der Waals surface area contributed by atoms with Gasteiger partial charge in [-0.05, 0) is 31.0 Å². The highest BCUT2D eigenvalue weighted by Crippen LogP contribution is 2.15. The van der Waals surface area contributed by atoms with Gasteiger partial charge in [0.15, 0.2) is 11.6 Å². The first-order valence-electron chi connectivity index (χ1n) is 4.63. The molecule has 1 atom stereocenters. The van der Waals surface area contributed by atoms with Crippen LogP contribution < -0.4 is 11.5 Å². The second kappa shape index (κ2) is 5.14. The first-order valence-corrected chi connectivity index (χ1v) is 4.63. The maximum atomic E-state index is 13.1. The summed E-state index contributed by atoms with van der Waals surface area (Å²) in [6.45, 7) is 0.381. The standard InChI is InChI=1S/C10H13F3N2/c11-8-5-10(13)9(12)4-6(8)3-7(15)1-2-14/h4-5,7H,1-3,14-15H2. The molecule has 0 aliphatic heterocycles. The SMILES string of the molecule is NCCC(N)Cc1cc(F)c(F)cc1F. The van der Waals surface area contributed by atoms with Gasteiger partial charge in [0.05, 0.1) is 0 Å². The summed E-state index contributed by atoms with van der Waals surface area (Å²) in [4.78, 5) is 0. The van der Waals surface area contributed by atoms with E-state index < -0.39 is 17.5 Å². The zero-order chi connectivity index (χ0) is 11.4. The van der Waals surface area contributed by atoms with Gasteiger partial charge in [-0.25, -0.2) is 13.2 Å². The van der Waals surface area contributed by atoms with Crippen molar-refractivity contribution in [1.82, 2.24) is 0 Å². The molecule has 1 rings (SSSR count). The van der Waals surface area contributed by atoms with Gasteiger partial charge in [-0.2, -0.15) is 0 Å². The Kier molecular flexibility index (Phi) is 4.11. The maximum absolute atomic E-state index is 13.1. The fraction of sp³-hybridized carbons (Fsp3) is 0.400. The maximum Gasteiger partial charge on any atom is 0.161 e.